The van der Waals surface area contributed by atoms with E-state index >= 15 is 0 Å². The lowest BCUT2D eigenvalue weighted by Crippen LogP contribution is -2.44. The molecule has 0 aromatic carbocycles. The van der Waals surface area contributed by atoms with E-state index in [2.05, 4.69) is 45.2 Å². The molecule has 1 amide bonds. The Morgan fingerprint density at radius 1 is 1.35 bits per heavy atom. The first-order valence-corrected chi connectivity index (χ1v) is 9.04. The second-order valence-electron chi connectivity index (χ2n) is 7.35. The van der Waals surface area contributed by atoms with E-state index < -0.39 is 0 Å². The average Bonchev–Trinajstić information content (AvgIpc) is 3.14. The molecule has 140 valence electrons. The van der Waals surface area contributed by atoms with Gasteiger partial charge in [0, 0.05) is 62.9 Å². The van der Waals surface area contributed by atoms with Gasteiger partial charge in [0.2, 0.25) is 5.91 Å². The van der Waals surface area contributed by atoms with Crippen LogP contribution in [0.15, 0.2) is 36.9 Å². The minimum Gasteiger partial charge on any atom is -0.350 e. The first kappa shape index (κ1) is 18.5. The standard InChI is InChI=1S/C19H28N6O/c1-15-21-7-8-25(15)14-19(26)22-18-13-24(12-17(18)11-23(2)3)10-16-5-4-6-20-9-16/h4-9,17-18H,10-14H2,1-3H3,(H,22,26)/t17-,18-/m1/s1. The van der Waals surface area contributed by atoms with Crippen molar-refractivity contribution in [3.05, 3.63) is 48.3 Å². The normalized spacial score (nSPS) is 20.6. The fourth-order valence-electron chi connectivity index (χ4n) is 3.64. The molecule has 1 fully saturated rings. The van der Waals surface area contributed by atoms with Crippen LogP contribution in [0.2, 0.25) is 0 Å². The van der Waals surface area contributed by atoms with Crippen molar-refractivity contribution in [2.45, 2.75) is 26.1 Å². The molecule has 1 N–H and O–H groups in total. The van der Waals surface area contributed by atoms with Gasteiger partial charge in [0.15, 0.2) is 0 Å². The van der Waals surface area contributed by atoms with Crippen LogP contribution in [0.4, 0.5) is 0 Å². The number of hydrogen-bond donors (Lipinski definition) is 1. The van der Waals surface area contributed by atoms with Crippen LogP contribution in [0.1, 0.15) is 11.4 Å². The van der Waals surface area contributed by atoms with E-state index in [1.165, 1.54) is 5.56 Å². The van der Waals surface area contributed by atoms with Crippen LogP contribution < -0.4 is 5.32 Å². The number of likely N-dealkylation sites (tertiary alicyclic amines) is 1. The smallest absolute Gasteiger partial charge is 0.240 e. The summed E-state index contributed by atoms with van der Waals surface area (Å²) in [6, 6.07) is 4.22. The van der Waals surface area contributed by atoms with Gasteiger partial charge in [-0.05, 0) is 32.6 Å². The third kappa shape index (κ3) is 4.89. The quantitative estimate of drug-likeness (QED) is 0.794. The second-order valence-corrected chi connectivity index (χ2v) is 7.35. The summed E-state index contributed by atoms with van der Waals surface area (Å²) in [6.07, 6.45) is 7.27. The largest absolute Gasteiger partial charge is 0.350 e. The maximum atomic E-state index is 12.5. The van der Waals surface area contributed by atoms with Crippen LogP contribution in [0, 0.1) is 12.8 Å². The van der Waals surface area contributed by atoms with E-state index in [4.69, 9.17) is 0 Å². The van der Waals surface area contributed by atoms with Crippen molar-refractivity contribution in [1.82, 2.24) is 29.7 Å². The van der Waals surface area contributed by atoms with Crippen LogP contribution >= 0.6 is 0 Å². The number of nitrogens with zero attached hydrogens (tertiary/aromatic N) is 5. The number of pyridine rings is 1. The molecular formula is C19H28N6O. The van der Waals surface area contributed by atoms with Crippen LogP contribution in [0.5, 0.6) is 0 Å². The summed E-state index contributed by atoms with van der Waals surface area (Å²) in [6.45, 7) is 5.89. The molecule has 7 heteroatoms. The molecule has 0 unspecified atom stereocenters. The highest BCUT2D eigenvalue weighted by Gasteiger charge is 2.34. The van der Waals surface area contributed by atoms with Crippen molar-refractivity contribution >= 4 is 5.91 Å². The Bertz CT molecular complexity index is 714. The van der Waals surface area contributed by atoms with Crippen molar-refractivity contribution in [2.24, 2.45) is 5.92 Å². The Morgan fingerprint density at radius 2 is 2.19 bits per heavy atom. The highest BCUT2D eigenvalue weighted by atomic mass is 16.2. The minimum atomic E-state index is 0.0445. The second kappa shape index (κ2) is 8.42. The molecule has 3 rings (SSSR count). The first-order chi connectivity index (χ1) is 12.5. The molecule has 1 saturated heterocycles. The highest BCUT2D eigenvalue weighted by Crippen LogP contribution is 2.20. The Morgan fingerprint density at radius 3 is 2.85 bits per heavy atom. The summed E-state index contributed by atoms with van der Waals surface area (Å²) in [7, 11) is 4.16. The number of hydrogen-bond acceptors (Lipinski definition) is 5. The van der Waals surface area contributed by atoms with Crippen LogP contribution in [0.25, 0.3) is 0 Å². The number of rotatable bonds is 7. The molecule has 0 saturated carbocycles. The number of imidazole rings is 1. The summed E-state index contributed by atoms with van der Waals surface area (Å²) in [5.74, 6) is 1.31. The zero-order valence-corrected chi connectivity index (χ0v) is 15.8. The average molecular weight is 356 g/mol. The molecule has 0 bridgehead atoms. The van der Waals surface area contributed by atoms with Crippen LogP contribution in [-0.4, -0.2) is 70.0 Å². The number of carbonyl (C=O) groups excluding carboxylic acids is 1. The van der Waals surface area contributed by atoms with Crippen molar-refractivity contribution in [3.63, 3.8) is 0 Å². The molecule has 3 heterocycles. The number of aromatic nitrogens is 3. The summed E-state index contributed by atoms with van der Waals surface area (Å²) in [5.41, 5.74) is 1.21. The van der Waals surface area contributed by atoms with Gasteiger partial charge < -0.3 is 14.8 Å². The molecule has 7 nitrogen and oxygen atoms in total. The SMILES string of the molecule is Cc1nccn1CC(=O)N[C@@H]1CN(Cc2cccnc2)C[C@H]1CN(C)C. The zero-order valence-electron chi connectivity index (χ0n) is 15.8. The number of aryl methyl sites for hydroxylation is 1. The molecule has 1 aliphatic heterocycles. The van der Waals surface area contributed by atoms with E-state index in [9.17, 15) is 4.79 Å². The molecule has 0 radical (unpaired) electrons. The van der Waals surface area contributed by atoms with Gasteiger partial charge in [0.1, 0.15) is 12.4 Å². The number of nitrogens with one attached hydrogen (secondary N) is 1. The lowest BCUT2D eigenvalue weighted by molar-refractivity contribution is -0.122. The zero-order chi connectivity index (χ0) is 18.5. The fourth-order valence-corrected chi connectivity index (χ4v) is 3.64. The number of amides is 1. The van der Waals surface area contributed by atoms with E-state index in [0.29, 0.717) is 12.5 Å². The summed E-state index contributed by atoms with van der Waals surface area (Å²) in [5, 5.41) is 3.24. The lowest BCUT2D eigenvalue weighted by Gasteiger charge is -2.23. The van der Waals surface area contributed by atoms with Crippen molar-refractivity contribution < 1.29 is 4.79 Å². The topological polar surface area (TPSA) is 66.3 Å². The van der Waals surface area contributed by atoms with Gasteiger partial charge in [-0.15, -0.1) is 0 Å². The van der Waals surface area contributed by atoms with E-state index in [1.807, 2.05) is 30.0 Å². The molecular weight excluding hydrogens is 328 g/mol. The molecule has 26 heavy (non-hydrogen) atoms. The minimum absolute atomic E-state index is 0.0445. The molecule has 2 aromatic rings. The highest BCUT2D eigenvalue weighted by molar-refractivity contribution is 5.76. The molecule has 2 atom stereocenters. The summed E-state index contributed by atoms with van der Waals surface area (Å²) < 4.78 is 1.87. The number of carbonyl (C=O) groups is 1. The lowest BCUT2D eigenvalue weighted by atomic mass is 10.0. The third-order valence-electron chi connectivity index (χ3n) is 4.83. The Hall–Kier alpha value is -2.25. The summed E-state index contributed by atoms with van der Waals surface area (Å²) >= 11 is 0. The first-order valence-electron chi connectivity index (χ1n) is 9.04. The van der Waals surface area contributed by atoms with Gasteiger partial charge in [-0.3, -0.25) is 14.7 Å². The molecule has 1 aliphatic rings. The third-order valence-corrected chi connectivity index (χ3v) is 4.83. The van der Waals surface area contributed by atoms with E-state index in [1.54, 1.807) is 12.4 Å². The van der Waals surface area contributed by atoms with Crippen molar-refractivity contribution in [3.8, 4) is 0 Å². The van der Waals surface area contributed by atoms with E-state index in [0.717, 1.165) is 32.0 Å². The van der Waals surface area contributed by atoms with Gasteiger partial charge >= 0.3 is 0 Å². The maximum absolute atomic E-state index is 12.5. The Labute approximate surface area is 155 Å². The molecule has 0 spiro atoms. The van der Waals surface area contributed by atoms with Crippen molar-refractivity contribution in [1.29, 1.82) is 0 Å². The Balaban J connectivity index is 1.61. The van der Waals surface area contributed by atoms with E-state index in [-0.39, 0.29) is 11.9 Å². The fraction of sp³-hybridized carbons (Fsp3) is 0.526. The summed E-state index contributed by atoms with van der Waals surface area (Å²) in [4.78, 5) is 25.5. The van der Waals surface area contributed by atoms with Gasteiger partial charge in [0.05, 0.1) is 0 Å². The van der Waals surface area contributed by atoms with Crippen LogP contribution in [0.3, 0.4) is 0 Å². The van der Waals surface area contributed by atoms with Gasteiger partial charge in [-0.25, -0.2) is 4.98 Å². The monoisotopic (exact) mass is 356 g/mol. The van der Waals surface area contributed by atoms with Crippen molar-refractivity contribution in [2.75, 3.05) is 33.7 Å². The van der Waals surface area contributed by atoms with Gasteiger partial charge in [-0.2, -0.15) is 0 Å². The predicted molar refractivity (Wildman–Crippen MR) is 100 cm³/mol. The maximum Gasteiger partial charge on any atom is 0.240 e. The van der Waals surface area contributed by atoms with Gasteiger partial charge in [0.25, 0.3) is 0 Å². The molecule has 2 aromatic heterocycles. The predicted octanol–water partition coefficient (Wildman–Crippen LogP) is 0.765. The van der Waals surface area contributed by atoms with Crippen LogP contribution in [-0.2, 0) is 17.9 Å². The molecule has 0 aliphatic carbocycles. The Kier molecular flexibility index (Phi) is 6.00. The van der Waals surface area contributed by atoms with Gasteiger partial charge in [-0.1, -0.05) is 6.07 Å².